The Morgan fingerprint density at radius 2 is 1.75 bits per heavy atom. The van der Waals surface area contributed by atoms with Crippen molar-refractivity contribution in [3.8, 4) is 5.75 Å². The van der Waals surface area contributed by atoms with E-state index in [1.54, 1.807) is 18.2 Å². The minimum atomic E-state index is -0.609. The Morgan fingerprint density at radius 3 is 2.50 bits per heavy atom. The number of aliphatic hydroxyl groups excluding tert-OH is 1. The summed E-state index contributed by atoms with van der Waals surface area (Å²) in [5, 5.41) is 14.4. The molecule has 3 aromatic rings. The van der Waals surface area contributed by atoms with Gasteiger partial charge in [0.25, 0.3) is 0 Å². The third kappa shape index (κ3) is 5.69. The fourth-order valence-corrected chi connectivity index (χ4v) is 3.17. The van der Waals surface area contributed by atoms with Crippen molar-refractivity contribution < 1.29 is 14.2 Å². The molecule has 0 aliphatic rings. The van der Waals surface area contributed by atoms with Gasteiger partial charge in [-0.1, -0.05) is 59.6 Å². The predicted octanol–water partition coefficient (Wildman–Crippen LogP) is 5.53. The Bertz CT molecular complexity index is 922. The van der Waals surface area contributed by atoms with E-state index in [0.717, 1.165) is 11.1 Å². The van der Waals surface area contributed by atoms with Gasteiger partial charge in [0, 0.05) is 29.2 Å². The van der Waals surface area contributed by atoms with E-state index >= 15 is 0 Å². The summed E-state index contributed by atoms with van der Waals surface area (Å²) in [4.78, 5) is 0. The highest BCUT2D eigenvalue weighted by molar-refractivity contribution is 6.31. The molecule has 0 aliphatic carbocycles. The van der Waals surface area contributed by atoms with E-state index in [2.05, 4.69) is 5.32 Å². The average Bonchev–Trinajstić information content (AvgIpc) is 2.69. The summed E-state index contributed by atoms with van der Waals surface area (Å²) in [6.07, 6.45) is -0.609. The molecule has 2 N–H and O–H groups in total. The lowest BCUT2D eigenvalue weighted by Gasteiger charge is -2.15. The maximum absolute atomic E-state index is 13.2. The summed E-state index contributed by atoms with van der Waals surface area (Å²) < 4.78 is 19.1. The lowest BCUT2D eigenvalue weighted by Crippen LogP contribution is -2.21. The summed E-state index contributed by atoms with van der Waals surface area (Å²) in [6, 6.07) is 19.0. The summed E-state index contributed by atoms with van der Waals surface area (Å²) in [6.45, 7) is 1.07. The van der Waals surface area contributed by atoms with Crippen molar-refractivity contribution >= 4 is 23.2 Å². The van der Waals surface area contributed by atoms with Gasteiger partial charge < -0.3 is 15.2 Å². The molecule has 3 rings (SSSR count). The van der Waals surface area contributed by atoms with Crippen LogP contribution < -0.4 is 10.1 Å². The van der Waals surface area contributed by atoms with Gasteiger partial charge in [0.2, 0.25) is 0 Å². The Labute approximate surface area is 173 Å². The zero-order valence-corrected chi connectivity index (χ0v) is 16.6. The number of halogens is 3. The molecule has 28 heavy (non-hydrogen) atoms. The highest BCUT2D eigenvalue weighted by atomic mass is 35.5. The Hall–Kier alpha value is -2.11. The smallest absolute Gasteiger partial charge is 0.124 e. The van der Waals surface area contributed by atoms with Crippen molar-refractivity contribution in [1.29, 1.82) is 0 Å². The molecule has 0 aromatic heterocycles. The molecule has 3 nitrogen and oxygen atoms in total. The monoisotopic (exact) mass is 419 g/mol. The summed E-state index contributed by atoms with van der Waals surface area (Å²) in [5.41, 5.74) is 2.39. The second-order valence-corrected chi connectivity index (χ2v) is 7.18. The molecule has 0 bridgehead atoms. The van der Waals surface area contributed by atoms with E-state index in [1.165, 1.54) is 12.1 Å². The first kappa shape index (κ1) is 20.6. The van der Waals surface area contributed by atoms with Crippen LogP contribution in [0, 0.1) is 5.82 Å². The van der Waals surface area contributed by atoms with Crippen molar-refractivity contribution in [2.24, 2.45) is 0 Å². The van der Waals surface area contributed by atoms with Crippen molar-refractivity contribution in [3.05, 3.63) is 99.3 Å². The predicted molar refractivity (Wildman–Crippen MR) is 110 cm³/mol. The molecule has 0 saturated carbocycles. The van der Waals surface area contributed by atoms with Crippen molar-refractivity contribution in [1.82, 2.24) is 5.32 Å². The maximum Gasteiger partial charge on any atom is 0.124 e. The van der Waals surface area contributed by atoms with Gasteiger partial charge in [-0.25, -0.2) is 4.39 Å². The van der Waals surface area contributed by atoms with E-state index in [9.17, 15) is 9.50 Å². The van der Waals surface area contributed by atoms with Gasteiger partial charge >= 0.3 is 0 Å². The lowest BCUT2D eigenvalue weighted by atomic mass is 10.1. The molecular formula is C22H20Cl2FNO2. The van der Waals surface area contributed by atoms with Crippen LogP contribution in [0.2, 0.25) is 10.0 Å². The van der Waals surface area contributed by atoms with E-state index in [0.29, 0.717) is 34.4 Å². The third-order valence-corrected chi connectivity index (χ3v) is 4.85. The van der Waals surface area contributed by atoms with Gasteiger partial charge in [-0.15, -0.1) is 0 Å². The largest absolute Gasteiger partial charge is 0.489 e. The Balaban J connectivity index is 1.62. The van der Waals surface area contributed by atoms with Crippen molar-refractivity contribution in [2.75, 3.05) is 6.54 Å². The summed E-state index contributed by atoms with van der Waals surface area (Å²) >= 11 is 12.2. The van der Waals surface area contributed by atoms with Crippen LogP contribution in [-0.2, 0) is 13.2 Å². The average molecular weight is 420 g/mol. The summed E-state index contributed by atoms with van der Waals surface area (Å²) in [7, 11) is 0. The number of rotatable bonds is 8. The summed E-state index contributed by atoms with van der Waals surface area (Å²) in [5.74, 6) is 0.258. The topological polar surface area (TPSA) is 41.5 Å². The number of aliphatic hydroxyl groups is 1. The van der Waals surface area contributed by atoms with Crippen LogP contribution in [0.5, 0.6) is 5.75 Å². The maximum atomic E-state index is 13.2. The minimum absolute atomic E-state index is 0.209. The Kier molecular flexibility index (Phi) is 7.29. The SMILES string of the molecule is O[C@@H](CNCc1cc(Cl)ccc1OCc1ccc(F)cc1Cl)c1ccccc1. The molecule has 0 aliphatic heterocycles. The molecule has 146 valence electrons. The second-order valence-electron chi connectivity index (χ2n) is 6.33. The number of nitrogens with one attached hydrogen (secondary N) is 1. The van der Waals surface area contributed by atoms with E-state index < -0.39 is 6.10 Å². The standard InChI is InChI=1S/C22H20Cl2FNO2/c23-18-7-9-22(28-14-16-6-8-19(25)11-20(16)24)17(10-18)12-26-13-21(27)15-4-2-1-3-5-15/h1-11,21,26-27H,12-14H2/t21-/m0/s1. The quantitative estimate of drug-likeness (QED) is 0.503. The molecule has 0 heterocycles. The highest BCUT2D eigenvalue weighted by Crippen LogP contribution is 2.26. The molecule has 0 saturated heterocycles. The van der Waals surface area contributed by atoms with E-state index in [-0.39, 0.29) is 12.4 Å². The lowest BCUT2D eigenvalue weighted by molar-refractivity contribution is 0.174. The van der Waals surface area contributed by atoms with Crippen LogP contribution >= 0.6 is 23.2 Å². The number of benzene rings is 3. The second kappa shape index (κ2) is 9.89. The van der Waals surface area contributed by atoms with Gasteiger partial charge in [-0.2, -0.15) is 0 Å². The first-order valence-corrected chi connectivity index (χ1v) is 9.57. The number of hydrogen-bond donors (Lipinski definition) is 2. The van der Waals surface area contributed by atoms with Crippen LogP contribution in [0.25, 0.3) is 0 Å². The fourth-order valence-electron chi connectivity index (χ4n) is 2.76. The van der Waals surface area contributed by atoms with Crippen molar-refractivity contribution in [3.63, 3.8) is 0 Å². The van der Waals surface area contributed by atoms with Gasteiger partial charge in [0.15, 0.2) is 0 Å². The molecule has 0 unspecified atom stereocenters. The molecule has 0 amide bonds. The number of ether oxygens (including phenoxy) is 1. The molecule has 0 radical (unpaired) electrons. The van der Waals surface area contributed by atoms with Crippen LogP contribution in [0.15, 0.2) is 66.7 Å². The Morgan fingerprint density at radius 1 is 0.964 bits per heavy atom. The first-order chi connectivity index (χ1) is 13.5. The highest BCUT2D eigenvalue weighted by Gasteiger charge is 2.10. The molecule has 0 fully saturated rings. The molecule has 1 atom stereocenters. The van der Waals surface area contributed by atoms with Crippen LogP contribution in [0.4, 0.5) is 4.39 Å². The molecule has 0 spiro atoms. The normalized spacial score (nSPS) is 12.0. The van der Waals surface area contributed by atoms with Crippen LogP contribution in [-0.4, -0.2) is 11.7 Å². The molecule has 6 heteroatoms. The molecule has 3 aromatic carbocycles. The van der Waals surface area contributed by atoms with E-state index in [1.807, 2.05) is 36.4 Å². The number of hydrogen-bond acceptors (Lipinski definition) is 3. The van der Waals surface area contributed by atoms with Gasteiger partial charge in [0.1, 0.15) is 18.2 Å². The zero-order valence-electron chi connectivity index (χ0n) is 15.0. The van der Waals surface area contributed by atoms with Gasteiger partial charge in [0.05, 0.1) is 11.1 Å². The van der Waals surface area contributed by atoms with E-state index in [4.69, 9.17) is 27.9 Å². The third-order valence-electron chi connectivity index (χ3n) is 4.26. The van der Waals surface area contributed by atoms with Gasteiger partial charge in [-0.3, -0.25) is 0 Å². The van der Waals surface area contributed by atoms with Crippen LogP contribution in [0.1, 0.15) is 22.8 Å². The first-order valence-electron chi connectivity index (χ1n) is 8.82. The molecular weight excluding hydrogens is 400 g/mol. The van der Waals surface area contributed by atoms with Crippen LogP contribution in [0.3, 0.4) is 0 Å². The fraction of sp³-hybridized carbons (Fsp3) is 0.182. The van der Waals surface area contributed by atoms with Crippen molar-refractivity contribution in [2.45, 2.75) is 19.3 Å². The minimum Gasteiger partial charge on any atom is -0.489 e. The zero-order chi connectivity index (χ0) is 19.9. The van der Waals surface area contributed by atoms with Gasteiger partial charge in [-0.05, 0) is 35.9 Å².